The second-order valence-corrected chi connectivity index (χ2v) is 7.34. The Labute approximate surface area is 176 Å². The predicted octanol–water partition coefficient (Wildman–Crippen LogP) is 4.98. The molecule has 0 radical (unpaired) electrons. The Morgan fingerprint density at radius 1 is 0.897 bits per heavy atom. The molecular weight excluding hydrogens is 411 g/mol. The molecule has 0 saturated carbocycles. The van der Waals surface area contributed by atoms with Crippen molar-refractivity contribution in [1.82, 2.24) is 0 Å². The summed E-state index contributed by atoms with van der Waals surface area (Å²) in [5, 5.41) is 3.54. The van der Waals surface area contributed by atoms with Crippen molar-refractivity contribution >= 4 is 52.2 Å². The minimum Gasteiger partial charge on any atom is -0.322 e. The summed E-state index contributed by atoms with van der Waals surface area (Å²) in [4.78, 5) is 38.7. The number of nitrogens with one attached hydrogen (secondary N) is 1. The van der Waals surface area contributed by atoms with Crippen LogP contribution in [0.5, 0.6) is 0 Å². The fraction of sp³-hybridized carbons (Fsp3) is 0.0455. The van der Waals surface area contributed by atoms with Gasteiger partial charge in [-0.05, 0) is 48.0 Å². The summed E-state index contributed by atoms with van der Waals surface area (Å²) in [6.07, 6.45) is 0. The Morgan fingerprint density at radius 2 is 1.66 bits per heavy atom. The third-order valence-corrected chi connectivity index (χ3v) is 5.33. The van der Waals surface area contributed by atoms with E-state index >= 15 is 0 Å². The molecule has 0 spiro atoms. The molecule has 1 aliphatic rings. The topological polar surface area (TPSA) is 66.5 Å². The average molecular weight is 425 g/mol. The maximum absolute atomic E-state index is 12.5. The van der Waals surface area contributed by atoms with Crippen molar-refractivity contribution in [3.63, 3.8) is 0 Å². The molecule has 5 nitrogen and oxygen atoms in total. The second-order valence-electron chi connectivity index (χ2n) is 6.52. The zero-order valence-electron chi connectivity index (χ0n) is 15.0. The van der Waals surface area contributed by atoms with Crippen molar-refractivity contribution < 1.29 is 14.4 Å². The molecule has 3 aromatic carbocycles. The van der Waals surface area contributed by atoms with Gasteiger partial charge in [-0.3, -0.25) is 14.4 Å². The molecule has 1 aliphatic heterocycles. The molecule has 4 rings (SSSR count). The highest BCUT2D eigenvalue weighted by atomic mass is 35.5. The minimum absolute atomic E-state index is 0.185. The number of hydrogen-bond donors (Lipinski definition) is 1. The molecular formula is C22H14Cl2N2O3. The van der Waals surface area contributed by atoms with Crippen LogP contribution >= 0.6 is 23.2 Å². The lowest BCUT2D eigenvalue weighted by atomic mass is 10.1. The Hall–Kier alpha value is -3.15. The number of benzene rings is 3. The van der Waals surface area contributed by atoms with Crippen LogP contribution in [0.1, 0.15) is 26.3 Å². The summed E-state index contributed by atoms with van der Waals surface area (Å²) >= 11 is 12.0. The molecule has 0 aromatic heterocycles. The van der Waals surface area contributed by atoms with Crippen molar-refractivity contribution in [2.24, 2.45) is 0 Å². The first-order valence-corrected chi connectivity index (χ1v) is 9.50. The number of halogens is 2. The zero-order valence-corrected chi connectivity index (χ0v) is 16.5. The van der Waals surface area contributed by atoms with Crippen LogP contribution in [0.15, 0.2) is 66.7 Å². The molecule has 0 bridgehead atoms. The van der Waals surface area contributed by atoms with E-state index in [0.29, 0.717) is 27.0 Å². The van der Waals surface area contributed by atoms with E-state index in [4.69, 9.17) is 23.2 Å². The van der Waals surface area contributed by atoms with Crippen LogP contribution in [0.25, 0.3) is 0 Å². The molecule has 7 heteroatoms. The highest BCUT2D eigenvalue weighted by Gasteiger charge is 2.36. The number of amides is 2. The van der Waals surface area contributed by atoms with Crippen LogP contribution in [0.4, 0.5) is 11.4 Å². The quantitative estimate of drug-likeness (QED) is 0.600. The molecule has 29 heavy (non-hydrogen) atoms. The van der Waals surface area contributed by atoms with Gasteiger partial charge in [0.25, 0.3) is 17.6 Å². The zero-order chi connectivity index (χ0) is 20.5. The number of Topliss-reactive ketones (excluding diaryl/α,β-unsaturated/α-hetero) is 1. The predicted molar refractivity (Wildman–Crippen MR) is 113 cm³/mol. The molecule has 0 unspecified atom stereocenters. The number of hydrogen-bond acceptors (Lipinski definition) is 3. The molecule has 2 amide bonds. The van der Waals surface area contributed by atoms with Crippen LogP contribution in [0, 0.1) is 0 Å². The largest absolute Gasteiger partial charge is 0.322 e. The molecule has 1 heterocycles. The summed E-state index contributed by atoms with van der Waals surface area (Å²) in [6, 6.07) is 18.6. The van der Waals surface area contributed by atoms with Crippen molar-refractivity contribution in [3.8, 4) is 0 Å². The van der Waals surface area contributed by atoms with E-state index in [1.54, 1.807) is 54.6 Å². The van der Waals surface area contributed by atoms with E-state index in [9.17, 15) is 14.4 Å². The van der Waals surface area contributed by atoms with Crippen LogP contribution in [0.3, 0.4) is 0 Å². The third kappa shape index (κ3) is 3.75. The highest BCUT2D eigenvalue weighted by molar-refractivity contribution is 6.52. The molecule has 1 N–H and O–H groups in total. The molecule has 0 atom stereocenters. The monoisotopic (exact) mass is 424 g/mol. The molecule has 144 valence electrons. The number of carbonyl (C=O) groups excluding carboxylic acids is 3. The molecule has 0 fully saturated rings. The van der Waals surface area contributed by atoms with Gasteiger partial charge < -0.3 is 10.2 Å². The maximum atomic E-state index is 12.5. The SMILES string of the molecule is O=C(Nc1ccc2c(c1)C(=O)C(=O)N2Cc1ccc(Cl)c(Cl)c1)c1ccccc1. The van der Waals surface area contributed by atoms with Gasteiger partial charge in [-0.25, -0.2) is 0 Å². The summed E-state index contributed by atoms with van der Waals surface area (Å²) < 4.78 is 0. The standard InChI is InChI=1S/C22H14Cl2N2O3/c23-17-8-6-13(10-18(17)24)12-26-19-9-7-15(11-16(19)20(27)22(26)29)25-21(28)14-4-2-1-3-5-14/h1-11H,12H2,(H,25,28). The minimum atomic E-state index is -0.627. The number of fused-ring (bicyclic) bond motifs is 1. The van der Waals surface area contributed by atoms with Crippen molar-refractivity contribution in [2.75, 3.05) is 10.2 Å². The van der Waals surface area contributed by atoms with E-state index in [1.807, 2.05) is 6.07 Å². The van der Waals surface area contributed by atoms with Gasteiger partial charge in [-0.15, -0.1) is 0 Å². The average Bonchev–Trinajstić information content (AvgIpc) is 2.96. The van der Waals surface area contributed by atoms with Gasteiger partial charge >= 0.3 is 0 Å². The van der Waals surface area contributed by atoms with E-state index in [0.717, 1.165) is 5.56 Å². The van der Waals surface area contributed by atoms with Crippen molar-refractivity contribution in [1.29, 1.82) is 0 Å². The smallest absolute Gasteiger partial charge is 0.299 e. The lowest BCUT2D eigenvalue weighted by Crippen LogP contribution is -2.29. The summed E-state index contributed by atoms with van der Waals surface area (Å²) in [5.41, 5.74) is 2.42. The van der Waals surface area contributed by atoms with Gasteiger partial charge in [0.1, 0.15) is 0 Å². The van der Waals surface area contributed by atoms with E-state index in [-0.39, 0.29) is 18.0 Å². The summed E-state index contributed by atoms with van der Waals surface area (Å²) in [6.45, 7) is 0.185. The highest BCUT2D eigenvalue weighted by Crippen LogP contribution is 2.33. The number of rotatable bonds is 4. The van der Waals surface area contributed by atoms with Gasteiger partial charge in [0, 0.05) is 11.3 Å². The Bertz CT molecular complexity index is 1150. The number of ketones is 1. The van der Waals surface area contributed by atoms with Gasteiger partial charge in [0.15, 0.2) is 0 Å². The van der Waals surface area contributed by atoms with E-state index in [2.05, 4.69) is 5.32 Å². The molecule has 3 aromatic rings. The first kappa shape index (κ1) is 19.2. The normalized spacial score (nSPS) is 12.8. The van der Waals surface area contributed by atoms with E-state index in [1.165, 1.54) is 11.0 Å². The van der Waals surface area contributed by atoms with Crippen LogP contribution in [0.2, 0.25) is 10.0 Å². The Morgan fingerprint density at radius 3 is 2.38 bits per heavy atom. The number of carbonyl (C=O) groups is 3. The first-order valence-electron chi connectivity index (χ1n) is 8.74. The van der Waals surface area contributed by atoms with Gasteiger partial charge in [0.2, 0.25) is 0 Å². The summed E-state index contributed by atoms with van der Waals surface area (Å²) in [7, 11) is 0. The Kier molecular flexibility index (Phi) is 5.09. The maximum Gasteiger partial charge on any atom is 0.299 e. The number of nitrogens with zero attached hydrogens (tertiary/aromatic N) is 1. The van der Waals surface area contributed by atoms with Gasteiger partial charge in [-0.2, -0.15) is 0 Å². The third-order valence-electron chi connectivity index (χ3n) is 4.59. The first-order chi connectivity index (χ1) is 13.9. The van der Waals surface area contributed by atoms with Crippen LogP contribution in [-0.4, -0.2) is 17.6 Å². The second kappa shape index (κ2) is 7.70. The van der Waals surface area contributed by atoms with Crippen molar-refractivity contribution in [3.05, 3.63) is 93.5 Å². The van der Waals surface area contributed by atoms with Gasteiger partial charge in [0.05, 0.1) is 27.8 Å². The van der Waals surface area contributed by atoms with Gasteiger partial charge in [-0.1, -0.05) is 47.5 Å². The lowest BCUT2D eigenvalue weighted by molar-refractivity contribution is -0.114. The lowest BCUT2D eigenvalue weighted by Gasteiger charge is -2.17. The van der Waals surface area contributed by atoms with Crippen LogP contribution < -0.4 is 10.2 Å². The van der Waals surface area contributed by atoms with E-state index < -0.39 is 11.7 Å². The summed E-state index contributed by atoms with van der Waals surface area (Å²) in [5.74, 6) is -1.54. The fourth-order valence-electron chi connectivity index (χ4n) is 3.15. The fourth-order valence-corrected chi connectivity index (χ4v) is 3.47. The number of anilines is 2. The Balaban J connectivity index is 1.59. The molecule has 0 saturated heterocycles. The molecule has 0 aliphatic carbocycles. The van der Waals surface area contributed by atoms with Crippen LogP contribution in [-0.2, 0) is 11.3 Å². The van der Waals surface area contributed by atoms with Crippen molar-refractivity contribution in [2.45, 2.75) is 6.54 Å².